The summed E-state index contributed by atoms with van der Waals surface area (Å²) in [7, 11) is 0. The highest BCUT2D eigenvalue weighted by atomic mass is 35.5. The third-order valence-corrected chi connectivity index (χ3v) is 7.19. The lowest BCUT2D eigenvalue weighted by Gasteiger charge is -2.36. The van der Waals surface area contributed by atoms with Gasteiger partial charge in [-0.05, 0) is 55.7 Å². The number of hydrogen-bond acceptors (Lipinski definition) is 6. The fraction of sp³-hybridized carbons (Fsp3) is 0.455. The first-order valence-corrected chi connectivity index (χ1v) is 11.6. The molecular weight excluding hydrogens is 438 g/mol. The van der Waals surface area contributed by atoms with Crippen LogP contribution in [0.4, 0.5) is 11.4 Å². The lowest BCUT2D eigenvalue weighted by atomic mass is 9.94. The van der Waals surface area contributed by atoms with Crippen LogP contribution in [-0.2, 0) is 9.53 Å². The maximum atomic E-state index is 12.7. The summed E-state index contributed by atoms with van der Waals surface area (Å²) in [6, 6.07) is 9.02. The Balaban J connectivity index is 1.48. The van der Waals surface area contributed by atoms with E-state index in [-0.39, 0.29) is 18.4 Å². The van der Waals surface area contributed by atoms with E-state index in [1.54, 1.807) is 17.0 Å². The van der Waals surface area contributed by atoms with Gasteiger partial charge in [0.15, 0.2) is 0 Å². The van der Waals surface area contributed by atoms with Gasteiger partial charge in [-0.15, -0.1) is 11.3 Å². The van der Waals surface area contributed by atoms with Gasteiger partial charge >= 0.3 is 0 Å². The number of rotatable bonds is 6. The summed E-state index contributed by atoms with van der Waals surface area (Å²) in [5.74, 6) is -0.284. The minimum absolute atomic E-state index is 0.0589. The number of aryl methyl sites for hydroxylation is 1. The first kappa shape index (κ1) is 22.1. The molecular formula is C22H26ClN3O4S. The quantitative estimate of drug-likeness (QED) is 0.570. The number of carbonyl (C=O) groups excluding carboxylic acids is 2. The fourth-order valence-electron chi connectivity index (χ4n) is 4.31. The molecule has 2 heterocycles. The van der Waals surface area contributed by atoms with Crippen LogP contribution >= 0.6 is 22.9 Å². The molecule has 1 saturated heterocycles. The number of carbonyl (C=O) groups is 2. The van der Waals surface area contributed by atoms with Crippen molar-refractivity contribution in [1.29, 1.82) is 0 Å². The Hall–Kier alpha value is -2.13. The number of nitrogens with one attached hydrogen (secondary N) is 2. The summed E-state index contributed by atoms with van der Waals surface area (Å²) in [5, 5.41) is 17.3. The predicted octanol–water partition coefficient (Wildman–Crippen LogP) is 3.55. The number of nitrogens with zero attached hydrogens (tertiary/aromatic N) is 1. The monoisotopic (exact) mass is 463 g/mol. The molecule has 1 saturated carbocycles. The third kappa shape index (κ3) is 4.72. The molecule has 1 unspecified atom stereocenters. The number of hydrogen-bond donors (Lipinski definition) is 3. The van der Waals surface area contributed by atoms with Crippen molar-refractivity contribution in [1.82, 2.24) is 5.32 Å². The summed E-state index contributed by atoms with van der Waals surface area (Å²) in [4.78, 5) is 27.1. The molecule has 9 heteroatoms. The van der Waals surface area contributed by atoms with Gasteiger partial charge in [0.1, 0.15) is 12.8 Å². The van der Waals surface area contributed by atoms with Gasteiger partial charge in [0.2, 0.25) is 0 Å². The molecule has 166 valence electrons. The molecule has 1 aromatic carbocycles. The zero-order chi connectivity index (χ0) is 22.0. The van der Waals surface area contributed by atoms with E-state index in [0.29, 0.717) is 35.2 Å². The van der Waals surface area contributed by atoms with Crippen LogP contribution in [0.1, 0.15) is 40.9 Å². The molecule has 1 atom stereocenters. The number of halogens is 1. The lowest BCUT2D eigenvalue weighted by Crippen LogP contribution is -2.57. The van der Waals surface area contributed by atoms with Gasteiger partial charge in [0, 0.05) is 17.9 Å². The lowest BCUT2D eigenvalue weighted by molar-refractivity contribution is -0.125. The third-order valence-electron chi connectivity index (χ3n) is 5.96. The smallest absolute Gasteiger partial charge is 0.261 e. The fourth-order valence-corrected chi connectivity index (χ4v) is 5.25. The van der Waals surface area contributed by atoms with E-state index in [1.807, 2.05) is 25.1 Å². The van der Waals surface area contributed by atoms with Crippen LogP contribution in [0.25, 0.3) is 0 Å². The van der Waals surface area contributed by atoms with Crippen LogP contribution in [0.5, 0.6) is 0 Å². The van der Waals surface area contributed by atoms with Gasteiger partial charge in [-0.1, -0.05) is 24.4 Å². The minimum atomic E-state index is -0.954. The van der Waals surface area contributed by atoms with Gasteiger partial charge in [0.05, 0.1) is 21.4 Å². The van der Waals surface area contributed by atoms with E-state index in [4.69, 9.17) is 16.3 Å². The summed E-state index contributed by atoms with van der Waals surface area (Å²) in [5.41, 5.74) is 1.74. The van der Waals surface area contributed by atoms with Gasteiger partial charge in [-0.25, -0.2) is 0 Å². The molecule has 1 aromatic heterocycles. The van der Waals surface area contributed by atoms with Crippen molar-refractivity contribution in [3.8, 4) is 0 Å². The Labute approximate surface area is 190 Å². The number of ether oxygens (including phenoxy) is 1. The Morgan fingerprint density at radius 3 is 2.71 bits per heavy atom. The number of aliphatic hydroxyl groups excluding tert-OH is 1. The molecule has 3 N–H and O–H groups in total. The van der Waals surface area contributed by atoms with Crippen molar-refractivity contribution in [2.45, 2.75) is 44.4 Å². The Bertz CT molecular complexity index is 973. The molecule has 0 spiro atoms. The molecule has 4 rings (SSSR count). The van der Waals surface area contributed by atoms with E-state index in [2.05, 4.69) is 10.6 Å². The summed E-state index contributed by atoms with van der Waals surface area (Å²) in [6.45, 7) is 3.07. The normalized spacial score (nSPS) is 19.3. The molecule has 1 aliphatic heterocycles. The van der Waals surface area contributed by atoms with Crippen molar-refractivity contribution in [3.05, 3.63) is 45.1 Å². The summed E-state index contributed by atoms with van der Waals surface area (Å²) >= 11 is 7.18. The van der Waals surface area contributed by atoms with E-state index in [9.17, 15) is 14.7 Å². The number of benzene rings is 1. The van der Waals surface area contributed by atoms with Crippen LogP contribution in [0.3, 0.4) is 0 Å². The Morgan fingerprint density at radius 2 is 2.06 bits per heavy atom. The molecule has 0 radical (unpaired) electrons. The standard InChI is InChI=1S/C22H26ClN3O4S/c1-14-12-15(4-5-16(14)26-10-11-30-13-19(26)27)24-21(29)22(8-2-3-9-22)25-20(28)17-6-7-18(23)31-17/h4-7,12,21,24,29H,2-3,8-11,13H2,1H3,(H,25,28). The maximum Gasteiger partial charge on any atom is 0.261 e. The molecule has 7 nitrogen and oxygen atoms in total. The topological polar surface area (TPSA) is 90.9 Å². The van der Waals surface area contributed by atoms with Gasteiger partial charge in [0.25, 0.3) is 11.8 Å². The number of aliphatic hydroxyl groups is 1. The van der Waals surface area contributed by atoms with Crippen LogP contribution in [0, 0.1) is 6.92 Å². The molecule has 31 heavy (non-hydrogen) atoms. The van der Waals surface area contributed by atoms with Crippen LogP contribution in [0.2, 0.25) is 4.34 Å². The van der Waals surface area contributed by atoms with E-state index >= 15 is 0 Å². The highest BCUT2D eigenvalue weighted by molar-refractivity contribution is 7.18. The van der Waals surface area contributed by atoms with Crippen molar-refractivity contribution >= 4 is 46.1 Å². The number of anilines is 2. The minimum Gasteiger partial charge on any atom is -0.371 e. The maximum absolute atomic E-state index is 12.7. The van der Waals surface area contributed by atoms with Crippen LogP contribution < -0.4 is 15.5 Å². The summed E-state index contributed by atoms with van der Waals surface area (Å²) < 4.78 is 5.76. The Kier molecular flexibility index (Phi) is 6.52. The SMILES string of the molecule is Cc1cc(NC(O)C2(NC(=O)c3ccc(Cl)s3)CCCC2)ccc1N1CCOCC1=O. The average Bonchev–Trinajstić information content (AvgIpc) is 3.39. The second-order valence-electron chi connectivity index (χ2n) is 8.07. The van der Waals surface area contributed by atoms with Crippen molar-refractivity contribution < 1.29 is 19.4 Å². The molecule has 2 amide bonds. The zero-order valence-corrected chi connectivity index (χ0v) is 18.9. The highest BCUT2D eigenvalue weighted by Gasteiger charge is 2.42. The Morgan fingerprint density at radius 1 is 1.29 bits per heavy atom. The number of morpholine rings is 1. The first-order chi connectivity index (χ1) is 14.9. The number of amides is 2. The molecule has 1 aliphatic carbocycles. The predicted molar refractivity (Wildman–Crippen MR) is 122 cm³/mol. The second kappa shape index (κ2) is 9.16. The first-order valence-electron chi connectivity index (χ1n) is 10.4. The molecule has 0 bridgehead atoms. The van der Waals surface area contributed by atoms with Gasteiger partial charge < -0.3 is 25.4 Å². The van der Waals surface area contributed by atoms with Gasteiger partial charge in [-0.3, -0.25) is 9.59 Å². The average molecular weight is 464 g/mol. The van der Waals surface area contributed by atoms with Crippen molar-refractivity contribution in [2.75, 3.05) is 30.0 Å². The molecule has 2 fully saturated rings. The second-order valence-corrected chi connectivity index (χ2v) is 9.78. The molecule has 2 aromatic rings. The summed E-state index contributed by atoms with van der Waals surface area (Å²) in [6.07, 6.45) is 2.28. The van der Waals surface area contributed by atoms with E-state index < -0.39 is 11.8 Å². The van der Waals surface area contributed by atoms with Crippen molar-refractivity contribution in [3.63, 3.8) is 0 Å². The largest absolute Gasteiger partial charge is 0.371 e. The van der Waals surface area contributed by atoms with E-state index in [0.717, 1.165) is 29.8 Å². The molecule has 2 aliphatic rings. The van der Waals surface area contributed by atoms with Gasteiger partial charge in [-0.2, -0.15) is 0 Å². The van der Waals surface area contributed by atoms with Crippen LogP contribution in [-0.4, -0.2) is 48.4 Å². The zero-order valence-electron chi connectivity index (χ0n) is 17.3. The number of thiophene rings is 1. The van der Waals surface area contributed by atoms with Crippen molar-refractivity contribution in [2.24, 2.45) is 0 Å². The van der Waals surface area contributed by atoms with E-state index in [1.165, 1.54) is 11.3 Å². The van der Waals surface area contributed by atoms with Crippen LogP contribution in [0.15, 0.2) is 30.3 Å². The highest BCUT2D eigenvalue weighted by Crippen LogP contribution is 2.35.